The second-order valence-corrected chi connectivity index (χ2v) is 4.40. The molecule has 17 heavy (non-hydrogen) atoms. The van der Waals surface area contributed by atoms with E-state index in [1.807, 2.05) is 12.1 Å². The molecule has 0 spiro atoms. The summed E-state index contributed by atoms with van der Waals surface area (Å²) in [5.74, 6) is 0.0853. The van der Waals surface area contributed by atoms with Crippen LogP contribution in [0.2, 0.25) is 0 Å². The molecule has 0 N–H and O–H groups in total. The fraction of sp³-hybridized carbons (Fsp3) is 0.200. The summed E-state index contributed by atoms with van der Waals surface area (Å²) in [4.78, 5) is 16.1. The number of hydrogen-bond acceptors (Lipinski definition) is 2. The van der Waals surface area contributed by atoms with Crippen molar-refractivity contribution >= 4 is 5.78 Å². The van der Waals surface area contributed by atoms with E-state index in [0.29, 0.717) is 5.56 Å². The van der Waals surface area contributed by atoms with Gasteiger partial charge in [0.05, 0.1) is 0 Å². The number of benzene rings is 1. The molecule has 0 radical (unpaired) electrons. The van der Waals surface area contributed by atoms with E-state index >= 15 is 0 Å². The first-order valence-electron chi connectivity index (χ1n) is 5.91. The number of nitrogens with zero attached hydrogens (tertiary/aromatic N) is 1. The standard InChI is InChI=1S/C15H13NO/c17-15(12-6-8-16-9-7-12)14-5-4-11-2-1-3-13(11)10-14/h4-10H,1-3H2. The van der Waals surface area contributed by atoms with Gasteiger partial charge in [-0.1, -0.05) is 12.1 Å². The summed E-state index contributed by atoms with van der Waals surface area (Å²) < 4.78 is 0. The Kier molecular flexibility index (Phi) is 2.48. The molecule has 0 saturated carbocycles. The van der Waals surface area contributed by atoms with Crippen LogP contribution in [0.15, 0.2) is 42.7 Å². The zero-order valence-electron chi connectivity index (χ0n) is 9.52. The minimum absolute atomic E-state index is 0.0853. The van der Waals surface area contributed by atoms with Crippen LogP contribution >= 0.6 is 0 Å². The third-order valence-electron chi connectivity index (χ3n) is 3.30. The van der Waals surface area contributed by atoms with E-state index in [-0.39, 0.29) is 5.78 Å². The summed E-state index contributed by atoms with van der Waals surface area (Å²) in [5, 5.41) is 0. The molecule has 1 aromatic heterocycles. The number of rotatable bonds is 2. The number of ketones is 1. The van der Waals surface area contributed by atoms with Crippen molar-refractivity contribution in [1.82, 2.24) is 4.98 Å². The SMILES string of the molecule is O=C(c1ccncc1)c1ccc2c(c1)CCC2. The Balaban J connectivity index is 1.97. The highest BCUT2D eigenvalue weighted by molar-refractivity contribution is 6.09. The van der Waals surface area contributed by atoms with Gasteiger partial charge in [0.15, 0.2) is 5.78 Å². The molecule has 1 aliphatic carbocycles. The van der Waals surface area contributed by atoms with Gasteiger partial charge in [0.2, 0.25) is 0 Å². The van der Waals surface area contributed by atoms with Crippen molar-refractivity contribution in [3.63, 3.8) is 0 Å². The van der Waals surface area contributed by atoms with Crippen LogP contribution in [0.25, 0.3) is 0 Å². The number of hydrogen-bond donors (Lipinski definition) is 0. The highest BCUT2D eigenvalue weighted by Gasteiger charge is 2.14. The maximum Gasteiger partial charge on any atom is 0.193 e. The Morgan fingerprint density at radius 3 is 2.53 bits per heavy atom. The van der Waals surface area contributed by atoms with Crippen LogP contribution in [0.3, 0.4) is 0 Å². The molecular weight excluding hydrogens is 210 g/mol. The predicted molar refractivity (Wildman–Crippen MR) is 66.1 cm³/mol. The third kappa shape index (κ3) is 1.86. The largest absolute Gasteiger partial charge is 0.289 e. The quantitative estimate of drug-likeness (QED) is 0.733. The minimum Gasteiger partial charge on any atom is -0.289 e. The smallest absolute Gasteiger partial charge is 0.193 e. The lowest BCUT2D eigenvalue weighted by Gasteiger charge is -2.04. The van der Waals surface area contributed by atoms with Crippen molar-refractivity contribution in [2.45, 2.75) is 19.3 Å². The summed E-state index contributed by atoms with van der Waals surface area (Å²) in [6.07, 6.45) is 6.77. The van der Waals surface area contributed by atoms with Gasteiger partial charge in [0.25, 0.3) is 0 Å². The number of aryl methyl sites for hydroxylation is 2. The van der Waals surface area contributed by atoms with E-state index in [0.717, 1.165) is 18.4 Å². The van der Waals surface area contributed by atoms with Crippen molar-refractivity contribution in [1.29, 1.82) is 0 Å². The zero-order valence-corrected chi connectivity index (χ0v) is 9.52. The maximum atomic E-state index is 12.2. The van der Waals surface area contributed by atoms with Crippen molar-refractivity contribution < 1.29 is 4.79 Å². The average molecular weight is 223 g/mol. The monoisotopic (exact) mass is 223 g/mol. The highest BCUT2D eigenvalue weighted by atomic mass is 16.1. The number of carbonyl (C=O) groups is 1. The van der Waals surface area contributed by atoms with Crippen LogP contribution in [0.5, 0.6) is 0 Å². The van der Waals surface area contributed by atoms with Gasteiger partial charge in [-0.15, -0.1) is 0 Å². The predicted octanol–water partition coefficient (Wildman–Crippen LogP) is 2.80. The lowest BCUT2D eigenvalue weighted by molar-refractivity contribution is 0.103. The summed E-state index contributed by atoms with van der Waals surface area (Å²) in [7, 11) is 0. The van der Waals surface area contributed by atoms with Crippen LogP contribution in [0.4, 0.5) is 0 Å². The van der Waals surface area contributed by atoms with Gasteiger partial charge in [-0.3, -0.25) is 9.78 Å². The second kappa shape index (κ2) is 4.13. The van der Waals surface area contributed by atoms with Crippen molar-refractivity contribution in [2.75, 3.05) is 0 Å². The number of pyridine rings is 1. The van der Waals surface area contributed by atoms with E-state index in [9.17, 15) is 4.79 Å². The molecule has 2 heteroatoms. The molecule has 2 nitrogen and oxygen atoms in total. The van der Waals surface area contributed by atoms with Gasteiger partial charge in [0.1, 0.15) is 0 Å². The molecular formula is C15H13NO. The van der Waals surface area contributed by atoms with Gasteiger partial charge in [-0.05, 0) is 48.6 Å². The molecule has 0 aliphatic heterocycles. The Bertz CT molecular complexity index is 560. The number of fused-ring (bicyclic) bond motifs is 1. The van der Waals surface area contributed by atoms with Crippen LogP contribution in [-0.2, 0) is 12.8 Å². The van der Waals surface area contributed by atoms with Gasteiger partial charge < -0.3 is 0 Å². The number of aromatic nitrogens is 1. The molecule has 0 amide bonds. The molecule has 3 rings (SSSR count). The van der Waals surface area contributed by atoms with Crippen LogP contribution < -0.4 is 0 Å². The molecule has 1 aromatic carbocycles. The fourth-order valence-corrected chi connectivity index (χ4v) is 2.38. The van der Waals surface area contributed by atoms with E-state index in [2.05, 4.69) is 11.1 Å². The molecule has 0 bridgehead atoms. The molecule has 1 heterocycles. The van der Waals surface area contributed by atoms with Crippen molar-refractivity contribution in [2.24, 2.45) is 0 Å². The molecule has 84 valence electrons. The van der Waals surface area contributed by atoms with Gasteiger partial charge in [-0.2, -0.15) is 0 Å². The lowest BCUT2D eigenvalue weighted by Crippen LogP contribution is -2.02. The average Bonchev–Trinajstić information content (AvgIpc) is 2.86. The third-order valence-corrected chi connectivity index (χ3v) is 3.30. The van der Waals surface area contributed by atoms with Crippen molar-refractivity contribution in [3.05, 3.63) is 65.0 Å². The Labute approximate surface area is 100 Å². The topological polar surface area (TPSA) is 30.0 Å². The Hall–Kier alpha value is -1.96. The highest BCUT2D eigenvalue weighted by Crippen LogP contribution is 2.23. The summed E-state index contributed by atoms with van der Waals surface area (Å²) in [6.45, 7) is 0. The van der Waals surface area contributed by atoms with E-state index in [1.54, 1.807) is 24.5 Å². The summed E-state index contributed by atoms with van der Waals surface area (Å²) >= 11 is 0. The zero-order chi connectivity index (χ0) is 11.7. The van der Waals surface area contributed by atoms with Gasteiger partial charge in [0, 0.05) is 23.5 Å². The molecule has 1 aliphatic rings. The molecule has 0 saturated heterocycles. The number of carbonyl (C=O) groups excluding carboxylic acids is 1. The van der Waals surface area contributed by atoms with Crippen LogP contribution in [0.1, 0.15) is 33.5 Å². The van der Waals surface area contributed by atoms with E-state index in [1.165, 1.54) is 17.5 Å². The minimum atomic E-state index is 0.0853. The first-order chi connectivity index (χ1) is 8.34. The lowest BCUT2D eigenvalue weighted by atomic mass is 10.00. The van der Waals surface area contributed by atoms with E-state index in [4.69, 9.17) is 0 Å². The molecule has 0 atom stereocenters. The van der Waals surface area contributed by atoms with Gasteiger partial charge in [-0.25, -0.2) is 0 Å². The fourth-order valence-electron chi connectivity index (χ4n) is 2.38. The molecule has 2 aromatic rings. The summed E-state index contributed by atoms with van der Waals surface area (Å²) in [5.41, 5.74) is 4.23. The molecule has 0 fully saturated rings. The maximum absolute atomic E-state index is 12.2. The Morgan fingerprint density at radius 2 is 1.71 bits per heavy atom. The van der Waals surface area contributed by atoms with Crippen LogP contribution in [0, 0.1) is 0 Å². The van der Waals surface area contributed by atoms with E-state index < -0.39 is 0 Å². The van der Waals surface area contributed by atoms with Gasteiger partial charge >= 0.3 is 0 Å². The molecule has 0 unspecified atom stereocenters. The first kappa shape index (κ1) is 10.2. The Morgan fingerprint density at radius 1 is 0.941 bits per heavy atom. The first-order valence-corrected chi connectivity index (χ1v) is 5.91. The van der Waals surface area contributed by atoms with Crippen LogP contribution in [-0.4, -0.2) is 10.8 Å². The summed E-state index contributed by atoms with van der Waals surface area (Å²) in [6, 6.07) is 9.60. The normalized spacial score (nSPS) is 13.4. The van der Waals surface area contributed by atoms with Crippen molar-refractivity contribution in [3.8, 4) is 0 Å². The second-order valence-electron chi connectivity index (χ2n) is 4.40.